The molecule has 90 valence electrons. The van der Waals surface area contributed by atoms with Gasteiger partial charge in [-0.1, -0.05) is 6.92 Å². The van der Waals surface area contributed by atoms with Gasteiger partial charge in [0.1, 0.15) is 5.54 Å². The van der Waals surface area contributed by atoms with Crippen LogP contribution in [-0.4, -0.2) is 17.7 Å². The van der Waals surface area contributed by atoms with Gasteiger partial charge in [0.2, 0.25) is 0 Å². The Labute approximate surface area is 92.9 Å². The van der Waals surface area contributed by atoms with Gasteiger partial charge in [-0.25, -0.2) is 0 Å². The zero-order chi connectivity index (χ0) is 12.2. The van der Waals surface area contributed by atoms with Crippen LogP contribution in [0.2, 0.25) is 0 Å². The predicted octanol–water partition coefficient (Wildman–Crippen LogP) is 2.86. The Morgan fingerprint density at radius 1 is 1.25 bits per heavy atom. The van der Waals surface area contributed by atoms with Crippen LogP contribution in [0, 0.1) is 0 Å². The third-order valence-corrected chi connectivity index (χ3v) is 2.55. The van der Waals surface area contributed by atoms with Crippen LogP contribution < -0.4 is 5.32 Å². The zero-order valence-electron chi connectivity index (χ0n) is 9.30. The largest absolute Gasteiger partial charge is 0.410 e. The third kappa shape index (κ3) is 2.52. The van der Waals surface area contributed by atoms with E-state index in [1.54, 1.807) is 0 Å². The maximum atomic E-state index is 13.0. The Kier molecular flexibility index (Phi) is 3.91. The highest BCUT2D eigenvalue weighted by Crippen LogP contribution is 2.38. The molecule has 1 rings (SSSR count). The third-order valence-electron chi connectivity index (χ3n) is 2.55. The number of nitrogens with zero attached hydrogens (tertiary/aromatic N) is 1. The average molecular weight is 232 g/mol. The minimum absolute atomic E-state index is 0.184. The van der Waals surface area contributed by atoms with Crippen molar-refractivity contribution in [3.8, 4) is 0 Å². The Bertz CT molecular complexity index is 324. The molecule has 5 heteroatoms. The van der Waals surface area contributed by atoms with Gasteiger partial charge in [-0.15, -0.1) is 0 Å². The summed E-state index contributed by atoms with van der Waals surface area (Å²) in [4.78, 5) is 3.73. The van der Waals surface area contributed by atoms with Crippen molar-refractivity contribution in [3.63, 3.8) is 0 Å². The first-order valence-corrected chi connectivity index (χ1v) is 5.14. The molecule has 1 heterocycles. The molecule has 0 bridgehead atoms. The topological polar surface area (TPSA) is 24.9 Å². The van der Waals surface area contributed by atoms with Crippen LogP contribution in [0.5, 0.6) is 0 Å². The Hall–Kier alpha value is -1.10. The standard InChI is InChI=1S/C11H15F3N2/c1-3-6-16-10(2,11(12,13)14)9-4-7-15-8-5-9/h4-5,7-8,16H,3,6H2,1-2H3. The molecule has 16 heavy (non-hydrogen) atoms. The molecule has 0 amide bonds. The Balaban J connectivity index is 3.05. The van der Waals surface area contributed by atoms with Crippen molar-refractivity contribution in [3.05, 3.63) is 30.1 Å². The summed E-state index contributed by atoms with van der Waals surface area (Å²) in [5, 5.41) is 2.55. The number of aromatic nitrogens is 1. The molecule has 1 unspecified atom stereocenters. The molecule has 0 aliphatic rings. The number of pyridine rings is 1. The van der Waals surface area contributed by atoms with Crippen LogP contribution in [-0.2, 0) is 5.54 Å². The van der Waals surface area contributed by atoms with Gasteiger partial charge in [0.05, 0.1) is 0 Å². The van der Waals surface area contributed by atoms with Crippen LogP contribution in [0.15, 0.2) is 24.5 Å². The van der Waals surface area contributed by atoms with E-state index < -0.39 is 11.7 Å². The fourth-order valence-corrected chi connectivity index (χ4v) is 1.43. The zero-order valence-corrected chi connectivity index (χ0v) is 9.30. The van der Waals surface area contributed by atoms with Crippen LogP contribution in [0.25, 0.3) is 0 Å². The molecule has 0 spiro atoms. The molecule has 1 N–H and O–H groups in total. The molecule has 1 aromatic heterocycles. The normalized spacial score (nSPS) is 15.8. The molecule has 0 fully saturated rings. The predicted molar refractivity (Wildman–Crippen MR) is 55.9 cm³/mol. The van der Waals surface area contributed by atoms with Crippen LogP contribution >= 0.6 is 0 Å². The number of alkyl halides is 3. The molecule has 0 aromatic carbocycles. The second-order valence-corrected chi connectivity index (χ2v) is 3.79. The van der Waals surface area contributed by atoms with Crippen molar-refractivity contribution < 1.29 is 13.2 Å². The van der Waals surface area contributed by atoms with Gasteiger partial charge in [0.15, 0.2) is 0 Å². The van der Waals surface area contributed by atoms with Crippen molar-refractivity contribution in [2.75, 3.05) is 6.54 Å². The summed E-state index contributed by atoms with van der Waals surface area (Å²) in [5.74, 6) is 0. The summed E-state index contributed by atoms with van der Waals surface area (Å²) in [6.45, 7) is 3.30. The number of hydrogen-bond acceptors (Lipinski definition) is 2. The summed E-state index contributed by atoms with van der Waals surface area (Å²) in [7, 11) is 0. The van der Waals surface area contributed by atoms with Crippen molar-refractivity contribution in [1.82, 2.24) is 10.3 Å². The quantitative estimate of drug-likeness (QED) is 0.863. The SMILES string of the molecule is CCCNC(C)(c1ccncc1)C(F)(F)F. The lowest BCUT2D eigenvalue weighted by molar-refractivity contribution is -0.195. The first kappa shape index (κ1) is 13.0. The van der Waals surface area contributed by atoms with Gasteiger partial charge in [-0.3, -0.25) is 4.98 Å². The first-order chi connectivity index (χ1) is 7.42. The smallest absolute Gasteiger partial charge is 0.300 e. The molecular weight excluding hydrogens is 217 g/mol. The fraction of sp³-hybridized carbons (Fsp3) is 0.545. The van der Waals surface area contributed by atoms with E-state index in [4.69, 9.17) is 0 Å². The van der Waals surface area contributed by atoms with Gasteiger partial charge >= 0.3 is 6.18 Å². The minimum atomic E-state index is -4.33. The molecule has 0 aliphatic carbocycles. The van der Waals surface area contributed by atoms with E-state index in [2.05, 4.69) is 10.3 Å². The van der Waals surface area contributed by atoms with Gasteiger partial charge < -0.3 is 5.32 Å². The van der Waals surface area contributed by atoms with E-state index in [9.17, 15) is 13.2 Å². The van der Waals surface area contributed by atoms with Crippen LogP contribution in [0.1, 0.15) is 25.8 Å². The molecule has 0 radical (unpaired) electrons. The lowest BCUT2D eigenvalue weighted by atomic mass is 9.92. The molecule has 1 atom stereocenters. The highest BCUT2D eigenvalue weighted by atomic mass is 19.4. The van der Waals surface area contributed by atoms with Crippen LogP contribution in [0.4, 0.5) is 13.2 Å². The molecule has 1 aromatic rings. The highest BCUT2D eigenvalue weighted by Gasteiger charge is 2.51. The lowest BCUT2D eigenvalue weighted by Gasteiger charge is -2.33. The first-order valence-electron chi connectivity index (χ1n) is 5.14. The molecule has 2 nitrogen and oxygen atoms in total. The van der Waals surface area contributed by atoms with Crippen molar-refractivity contribution in [2.45, 2.75) is 32.0 Å². The molecule has 0 aliphatic heterocycles. The van der Waals surface area contributed by atoms with Crippen molar-refractivity contribution in [2.24, 2.45) is 0 Å². The number of hydrogen-bond donors (Lipinski definition) is 1. The highest BCUT2D eigenvalue weighted by molar-refractivity contribution is 5.23. The van der Waals surface area contributed by atoms with E-state index in [1.807, 2.05) is 6.92 Å². The minimum Gasteiger partial charge on any atom is -0.300 e. The van der Waals surface area contributed by atoms with Gasteiger partial charge in [0.25, 0.3) is 0 Å². The van der Waals surface area contributed by atoms with Crippen molar-refractivity contribution >= 4 is 0 Å². The monoisotopic (exact) mass is 232 g/mol. The second-order valence-electron chi connectivity index (χ2n) is 3.79. The summed E-state index contributed by atoms with van der Waals surface area (Å²) in [5.41, 5.74) is -1.82. The lowest BCUT2D eigenvalue weighted by Crippen LogP contribution is -2.51. The summed E-state index contributed by atoms with van der Waals surface area (Å²) in [6.07, 6.45) is -0.944. The Morgan fingerprint density at radius 3 is 2.25 bits per heavy atom. The van der Waals surface area contributed by atoms with Gasteiger partial charge in [0, 0.05) is 12.4 Å². The second kappa shape index (κ2) is 4.82. The van der Waals surface area contributed by atoms with E-state index in [0.29, 0.717) is 13.0 Å². The van der Waals surface area contributed by atoms with Gasteiger partial charge in [-0.05, 0) is 37.6 Å². The van der Waals surface area contributed by atoms with Gasteiger partial charge in [-0.2, -0.15) is 13.2 Å². The average Bonchev–Trinajstić information content (AvgIpc) is 2.25. The summed E-state index contributed by atoms with van der Waals surface area (Å²) < 4.78 is 39.1. The summed E-state index contributed by atoms with van der Waals surface area (Å²) in [6, 6.07) is 2.77. The maximum absolute atomic E-state index is 13.0. The maximum Gasteiger partial charge on any atom is 0.410 e. The molecule has 0 saturated heterocycles. The van der Waals surface area contributed by atoms with E-state index in [-0.39, 0.29) is 5.56 Å². The van der Waals surface area contributed by atoms with Crippen molar-refractivity contribution in [1.29, 1.82) is 0 Å². The Morgan fingerprint density at radius 2 is 1.81 bits per heavy atom. The van der Waals surface area contributed by atoms with E-state index in [1.165, 1.54) is 24.5 Å². The number of nitrogens with one attached hydrogen (secondary N) is 1. The van der Waals surface area contributed by atoms with E-state index in [0.717, 1.165) is 6.92 Å². The molecular formula is C11H15F3N2. The number of halogens is 3. The van der Waals surface area contributed by atoms with E-state index >= 15 is 0 Å². The fourth-order valence-electron chi connectivity index (χ4n) is 1.43. The number of rotatable bonds is 4. The van der Waals surface area contributed by atoms with Crippen LogP contribution in [0.3, 0.4) is 0 Å². The summed E-state index contributed by atoms with van der Waals surface area (Å²) >= 11 is 0. The molecule has 0 saturated carbocycles.